The van der Waals surface area contributed by atoms with Crippen LogP contribution >= 0.6 is 0 Å². The van der Waals surface area contributed by atoms with E-state index in [1.54, 1.807) is 19.4 Å². The molecule has 6 heteroatoms. The lowest BCUT2D eigenvalue weighted by Crippen LogP contribution is -2.01. The number of nitrogens with zero attached hydrogens (tertiary/aromatic N) is 2. The van der Waals surface area contributed by atoms with Gasteiger partial charge >= 0.3 is 0 Å². The van der Waals surface area contributed by atoms with E-state index in [-0.39, 0.29) is 0 Å². The van der Waals surface area contributed by atoms with Gasteiger partial charge in [-0.1, -0.05) is 36.4 Å². The second-order valence-electron chi connectivity index (χ2n) is 6.16. The molecule has 29 heavy (non-hydrogen) atoms. The van der Waals surface area contributed by atoms with E-state index in [1.807, 2.05) is 78.9 Å². The van der Waals surface area contributed by atoms with Gasteiger partial charge in [-0.25, -0.2) is 4.98 Å². The fourth-order valence-electron chi connectivity index (χ4n) is 2.73. The Labute approximate surface area is 169 Å². The third-order valence-electron chi connectivity index (χ3n) is 4.10. The molecule has 4 aromatic rings. The predicted molar refractivity (Wildman–Crippen MR) is 115 cm³/mol. The normalized spacial score (nSPS) is 10.2. The van der Waals surface area contributed by atoms with Gasteiger partial charge < -0.3 is 20.1 Å². The maximum atomic E-state index is 5.99. The zero-order chi connectivity index (χ0) is 19.9. The molecule has 0 aliphatic rings. The first-order valence-electron chi connectivity index (χ1n) is 9.13. The Morgan fingerprint density at radius 2 is 1.55 bits per heavy atom. The summed E-state index contributed by atoms with van der Waals surface area (Å²) in [5.74, 6) is 3.35. The summed E-state index contributed by atoms with van der Waals surface area (Å²) in [4.78, 5) is 8.85. The van der Waals surface area contributed by atoms with Gasteiger partial charge in [-0.2, -0.15) is 4.98 Å². The maximum absolute atomic E-state index is 5.99. The Hall–Kier alpha value is -4.06. The van der Waals surface area contributed by atoms with Gasteiger partial charge in [-0.3, -0.25) is 0 Å². The van der Waals surface area contributed by atoms with E-state index in [9.17, 15) is 0 Å². The van der Waals surface area contributed by atoms with Gasteiger partial charge in [-0.05, 0) is 42.5 Å². The Balaban J connectivity index is 1.52. The second kappa shape index (κ2) is 8.75. The topological polar surface area (TPSA) is 68.3 Å². The average Bonchev–Trinajstić information content (AvgIpc) is 2.76. The lowest BCUT2D eigenvalue weighted by Gasteiger charge is -2.13. The van der Waals surface area contributed by atoms with Crippen LogP contribution in [0.3, 0.4) is 0 Å². The molecule has 2 N–H and O–H groups in total. The predicted octanol–water partition coefficient (Wildman–Crippen LogP) is 5.76. The Morgan fingerprint density at radius 3 is 2.41 bits per heavy atom. The van der Waals surface area contributed by atoms with Gasteiger partial charge in [0.1, 0.15) is 17.3 Å². The molecular weight excluding hydrogens is 364 g/mol. The minimum atomic E-state index is 0.460. The number of aromatic nitrogens is 2. The fraction of sp³-hybridized carbons (Fsp3) is 0.0435. The van der Waals surface area contributed by atoms with Gasteiger partial charge in [-0.15, -0.1) is 0 Å². The molecular formula is C23H20N4O2. The minimum Gasteiger partial charge on any atom is -0.497 e. The van der Waals surface area contributed by atoms with E-state index in [1.165, 1.54) is 0 Å². The van der Waals surface area contributed by atoms with Crippen LogP contribution in [0.4, 0.5) is 23.1 Å². The first-order valence-corrected chi connectivity index (χ1v) is 9.13. The zero-order valence-electron chi connectivity index (χ0n) is 15.9. The number of anilines is 4. The second-order valence-corrected chi connectivity index (χ2v) is 6.16. The third kappa shape index (κ3) is 4.81. The van der Waals surface area contributed by atoms with Crippen molar-refractivity contribution in [2.45, 2.75) is 0 Å². The number of hydrogen-bond acceptors (Lipinski definition) is 6. The van der Waals surface area contributed by atoms with Gasteiger partial charge in [0.25, 0.3) is 0 Å². The molecule has 4 rings (SSSR count). The minimum absolute atomic E-state index is 0.460. The van der Waals surface area contributed by atoms with Gasteiger partial charge in [0.05, 0.1) is 12.8 Å². The fourth-order valence-corrected chi connectivity index (χ4v) is 2.73. The number of hydrogen-bond donors (Lipinski definition) is 2. The first-order chi connectivity index (χ1) is 14.3. The number of rotatable bonds is 7. The first kappa shape index (κ1) is 18.3. The molecule has 0 aliphatic carbocycles. The highest BCUT2D eigenvalue weighted by molar-refractivity contribution is 5.65. The number of nitrogens with one attached hydrogen (secondary N) is 2. The molecule has 0 aliphatic heterocycles. The van der Waals surface area contributed by atoms with Crippen LogP contribution in [0.15, 0.2) is 91.1 Å². The SMILES string of the molecule is COc1cccc(Nc2ccnc(Nc3ccccc3Oc3ccccc3)n2)c1. The molecule has 0 saturated carbocycles. The van der Waals surface area contributed by atoms with Crippen molar-refractivity contribution in [3.8, 4) is 17.2 Å². The summed E-state index contributed by atoms with van der Waals surface area (Å²) >= 11 is 0. The molecule has 1 heterocycles. The maximum Gasteiger partial charge on any atom is 0.229 e. The Bertz CT molecular complexity index is 1090. The van der Waals surface area contributed by atoms with Crippen molar-refractivity contribution in [2.24, 2.45) is 0 Å². The van der Waals surface area contributed by atoms with Crippen LogP contribution in [-0.4, -0.2) is 17.1 Å². The number of benzene rings is 3. The highest BCUT2D eigenvalue weighted by atomic mass is 16.5. The monoisotopic (exact) mass is 384 g/mol. The van der Waals surface area contributed by atoms with Gasteiger partial charge in [0.15, 0.2) is 5.75 Å². The van der Waals surface area contributed by atoms with Crippen LogP contribution in [0.1, 0.15) is 0 Å². The summed E-state index contributed by atoms with van der Waals surface area (Å²) in [6, 6.07) is 26.8. The van der Waals surface area contributed by atoms with Crippen LogP contribution in [-0.2, 0) is 0 Å². The molecule has 144 valence electrons. The van der Waals surface area contributed by atoms with Crippen molar-refractivity contribution in [2.75, 3.05) is 17.7 Å². The molecule has 6 nitrogen and oxygen atoms in total. The summed E-state index contributed by atoms with van der Waals surface area (Å²) < 4.78 is 11.2. The molecule has 0 spiro atoms. The van der Waals surface area contributed by atoms with Crippen molar-refractivity contribution < 1.29 is 9.47 Å². The highest BCUT2D eigenvalue weighted by Crippen LogP contribution is 2.31. The van der Waals surface area contributed by atoms with Crippen LogP contribution < -0.4 is 20.1 Å². The molecule has 0 fully saturated rings. The molecule has 0 atom stereocenters. The summed E-state index contributed by atoms with van der Waals surface area (Å²) in [5, 5.41) is 6.49. The standard InChI is InChI=1S/C23H20N4O2/c1-28-19-11-7-8-17(16-19)25-22-14-15-24-23(27-22)26-20-12-5-6-13-21(20)29-18-9-3-2-4-10-18/h2-16H,1H3,(H2,24,25,26,27). The molecule has 0 bridgehead atoms. The third-order valence-corrected chi connectivity index (χ3v) is 4.10. The van der Waals surface area contributed by atoms with Crippen molar-refractivity contribution >= 4 is 23.1 Å². The van der Waals surface area contributed by atoms with Crippen LogP contribution in [0.2, 0.25) is 0 Å². The number of methoxy groups -OCH3 is 1. The van der Waals surface area contributed by atoms with Crippen molar-refractivity contribution in [3.63, 3.8) is 0 Å². The summed E-state index contributed by atoms with van der Waals surface area (Å²) in [7, 11) is 1.64. The molecule has 0 amide bonds. The largest absolute Gasteiger partial charge is 0.497 e. The van der Waals surface area contributed by atoms with E-state index in [0.29, 0.717) is 17.5 Å². The van der Waals surface area contributed by atoms with Gasteiger partial charge in [0, 0.05) is 18.0 Å². The number of ether oxygens (including phenoxy) is 2. The average molecular weight is 384 g/mol. The lowest BCUT2D eigenvalue weighted by atomic mass is 10.3. The zero-order valence-corrected chi connectivity index (χ0v) is 15.9. The van der Waals surface area contributed by atoms with Crippen LogP contribution in [0, 0.1) is 0 Å². The van der Waals surface area contributed by atoms with Crippen molar-refractivity contribution in [3.05, 3.63) is 91.1 Å². The summed E-state index contributed by atoms with van der Waals surface area (Å²) in [6.07, 6.45) is 1.69. The quantitative estimate of drug-likeness (QED) is 0.422. The van der Waals surface area contributed by atoms with Gasteiger partial charge in [0.2, 0.25) is 5.95 Å². The van der Waals surface area contributed by atoms with Crippen LogP contribution in [0.25, 0.3) is 0 Å². The Morgan fingerprint density at radius 1 is 0.759 bits per heavy atom. The number of para-hydroxylation sites is 3. The highest BCUT2D eigenvalue weighted by Gasteiger charge is 2.07. The van der Waals surface area contributed by atoms with Crippen molar-refractivity contribution in [1.82, 2.24) is 9.97 Å². The lowest BCUT2D eigenvalue weighted by molar-refractivity contribution is 0.415. The smallest absolute Gasteiger partial charge is 0.229 e. The summed E-state index contributed by atoms with van der Waals surface area (Å²) in [5.41, 5.74) is 1.65. The van der Waals surface area contributed by atoms with E-state index >= 15 is 0 Å². The molecule has 0 unspecified atom stereocenters. The van der Waals surface area contributed by atoms with Crippen molar-refractivity contribution in [1.29, 1.82) is 0 Å². The Kier molecular flexibility index (Phi) is 5.53. The molecule has 0 saturated heterocycles. The van der Waals surface area contributed by atoms with E-state index in [4.69, 9.17) is 9.47 Å². The molecule has 3 aromatic carbocycles. The van der Waals surface area contributed by atoms with E-state index in [2.05, 4.69) is 20.6 Å². The van der Waals surface area contributed by atoms with E-state index in [0.717, 1.165) is 22.9 Å². The summed E-state index contributed by atoms with van der Waals surface area (Å²) in [6.45, 7) is 0. The van der Waals surface area contributed by atoms with E-state index < -0.39 is 0 Å². The van der Waals surface area contributed by atoms with Crippen LogP contribution in [0.5, 0.6) is 17.2 Å². The molecule has 1 aromatic heterocycles. The molecule has 0 radical (unpaired) electrons.